The molecular formula is C57H97N3O43. The Kier molecular flexibility index (Phi) is 31.7. The minimum absolute atomic E-state index is 0.835. The van der Waals surface area contributed by atoms with Crippen molar-refractivity contribution in [2.45, 2.75) is 279 Å². The smallest absolute Gasteiger partial charge is 0.364 e. The summed E-state index contributed by atoms with van der Waals surface area (Å²) in [5, 5.41) is 279. The Morgan fingerprint density at radius 2 is 0.845 bits per heavy atom. The van der Waals surface area contributed by atoms with E-state index < -0.39 is 328 Å². The highest BCUT2D eigenvalue weighted by Crippen LogP contribution is 2.40. The van der Waals surface area contributed by atoms with Crippen LogP contribution in [-0.4, -0.2) is 449 Å². The number of carboxylic acid groups (broad SMARTS) is 1. The van der Waals surface area contributed by atoms with Crippen LogP contribution in [0.4, 0.5) is 0 Å². The third kappa shape index (κ3) is 19.5. The van der Waals surface area contributed by atoms with Gasteiger partial charge in [-0.3, -0.25) is 14.4 Å². The normalized spacial score (nSPS) is 45.1. The predicted molar refractivity (Wildman–Crippen MR) is 317 cm³/mol. The molecule has 7 saturated heterocycles. The topological polar surface area (TPSA) is 739 Å². The van der Waals surface area contributed by atoms with Crippen LogP contribution in [0.15, 0.2) is 0 Å². The molecule has 0 aromatic rings. The van der Waals surface area contributed by atoms with E-state index in [9.17, 15) is 147 Å². The summed E-state index contributed by atoms with van der Waals surface area (Å²) in [7, 11) is 0. The molecule has 0 bridgehead atoms. The molecule has 46 heteroatoms. The molecule has 7 aliphatic rings. The van der Waals surface area contributed by atoms with Crippen LogP contribution in [0.2, 0.25) is 0 Å². The van der Waals surface area contributed by atoms with Gasteiger partial charge in [0.25, 0.3) is 5.79 Å². The highest BCUT2D eigenvalue weighted by Gasteiger charge is 2.61. The number of carbonyl (C=O) groups is 4. The lowest BCUT2D eigenvalue weighted by atomic mass is 9.88. The SMILES string of the molecule is CC(=O)N[C@H]1[C@H](O[C@H]2[C@@H](O)[C@@H](CO)O[C@@H](O[C@@H]([C@H](O)[C@@H](O)CO)[C@H](O)CO)[C@@H]2O)O[C@H](CO)[C@@H](O[C@@H]2O[C@H](CO)[C@H](O)[C@H](O[C@@H]3O[C@H](CO)[C@@H](O[C@@H]4O[C@H](CO[C@]5(C(=O)O)C[C@H](O)[C@@H](NC(C)=O)[C@H]([C@H](O)[C@H](O)CO)O5)[C@H](O)[C@H](O)[C@H]4O)[C@H](O[C@@H]4O[C@@H](C)[C@@H](O)[C@@H](O)[C@@H]4O)[C@H]3NC(C)=O)[C@H]2O)[C@@H]1O. The Balaban J connectivity index is 1.18. The third-order valence-electron chi connectivity index (χ3n) is 18.4. The fraction of sp³-hybridized carbons (Fsp3) is 0.930. The number of carbonyl (C=O) groups excluding carboxylic acids is 3. The minimum atomic E-state index is -3.09. The van der Waals surface area contributed by atoms with Crippen molar-refractivity contribution in [1.82, 2.24) is 16.0 Å². The first-order chi connectivity index (χ1) is 48.5. The highest BCUT2D eigenvalue weighted by atomic mass is 16.8. The van der Waals surface area contributed by atoms with Gasteiger partial charge in [0.15, 0.2) is 37.7 Å². The van der Waals surface area contributed by atoms with Crippen molar-refractivity contribution in [3.05, 3.63) is 0 Å². The Morgan fingerprint density at radius 3 is 1.36 bits per heavy atom. The molecule has 0 aliphatic carbocycles. The lowest BCUT2D eigenvalue weighted by Gasteiger charge is -2.52. The lowest BCUT2D eigenvalue weighted by Crippen LogP contribution is -2.71. The van der Waals surface area contributed by atoms with Crippen molar-refractivity contribution < 1.29 is 213 Å². The number of aliphatic hydroxyl groups is 24. The summed E-state index contributed by atoms with van der Waals surface area (Å²) in [6.07, 6.45) is -77.2. The Morgan fingerprint density at radius 1 is 0.427 bits per heavy atom. The molecule has 7 fully saturated rings. The van der Waals surface area contributed by atoms with Gasteiger partial charge >= 0.3 is 5.97 Å². The predicted octanol–water partition coefficient (Wildman–Crippen LogP) is -18.2. The molecule has 7 aliphatic heterocycles. The molecule has 103 heavy (non-hydrogen) atoms. The van der Waals surface area contributed by atoms with Gasteiger partial charge in [0.1, 0.15) is 183 Å². The first-order valence-corrected chi connectivity index (χ1v) is 32.5. The van der Waals surface area contributed by atoms with Crippen LogP contribution in [0.3, 0.4) is 0 Å². The van der Waals surface area contributed by atoms with Gasteiger partial charge in [-0.05, 0) is 6.92 Å². The maximum absolute atomic E-state index is 13.4. The van der Waals surface area contributed by atoms with Crippen molar-refractivity contribution in [2.75, 3.05) is 52.9 Å². The van der Waals surface area contributed by atoms with Crippen molar-refractivity contribution >= 4 is 23.7 Å². The fourth-order valence-electron chi connectivity index (χ4n) is 12.8. The average Bonchev–Trinajstić information content (AvgIpc) is 0.771. The van der Waals surface area contributed by atoms with Crippen molar-refractivity contribution in [3.63, 3.8) is 0 Å². The average molecular weight is 1510 g/mol. The van der Waals surface area contributed by atoms with Crippen LogP contribution in [-0.2, 0) is 85.5 Å². The second-order valence-electron chi connectivity index (χ2n) is 25.8. The van der Waals surface area contributed by atoms with Crippen molar-refractivity contribution in [1.29, 1.82) is 0 Å². The van der Waals surface area contributed by atoms with Crippen LogP contribution >= 0.6 is 0 Å². The van der Waals surface area contributed by atoms with Crippen molar-refractivity contribution in [2.24, 2.45) is 0 Å². The van der Waals surface area contributed by atoms with Crippen LogP contribution < -0.4 is 16.0 Å². The van der Waals surface area contributed by atoms with Gasteiger partial charge in [-0.25, -0.2) is 4.79 Å². The molecular weight excluding hydrogens is 1410 g/mol. The van der Waals surface area contributed by atoms with Gasteiger partial charge < -0.3 is 210 Å². The zero-order chi connectivity index (χ0) is 76.7. The van der Waals surface area contributed by atoms with E-state index in [0.29, 0.717) is 0 Å². The van der Waals surface area contributed by atoms with E-state index in [1.54, 1.807) is 0 Å². The molecule has 0 aromatic heterocycles. The van der Waals surface area contributed by atoms with Crippen molar-refractivity contribution in [3.8, 4) is 0 Å². The molecule has 3 amide bonds. The molecule has 7 heterocycles. The summed E-state index contributed by atoms with van der Waals surface area (Å²) in [5.41, 5.74) is 0. The zero-order valence-electron chi connectivity index (χ0n) is 55.4. The summed E-state index contributed by atoms with van der Waals surface area (Å²) >= 11 is 0. The number of hydrogen-bond acceptors (Lipinski definition) is 42. The number of ether oxygens (including phenoxy) is 14. The van der Waals surface area contributed by atoms with Gasteiger partial charge in [-0.1, -0.05) is 0 Å². The second kappa shape index (κ2) is 37.7. The molecule has 40 atom stereocenters. The van der Waals surface area contributed by atoms with Gasteiger partial charge in [0.05, 0.1) is 71.1 Å². The van der Waals surface area contributed by atoms with E-state index in [0.717, 1.165) is 20.8 Å². The monoisotopic (exact) mass is 1510 g/mol. The number of hydrogen-bond donors (Lipinski definition) is 28. The maximum Gasteiger partial charge on any atom is 0.364 e. The van der Waals surface area contributed by atoms with E-state index in [2.05, 4.69) is 16.0 Å². The fourth-order valence-corrected chi connectivity index (χ4v) is 12.8. The Labute approximate surface area is 583 Å². The van der Waals surface area contributed by atoms with E-state index in [1.165, 1.54) is 6.92 Å². The number of amides is 3. The number of aliphatic hydroxyl groups excluding tert-OH is 24. The molecule has 0 unspecified atom stereocenters. The molecule has 46 nitrogen and oxygen atoms in total. The first kappa shape index (κ1) is 86.6. The third-order valence-corrected chi connectivity index (χ3v) is 18.4. The van der Waals surface area contributed by atoms with E-state index >= 15 is 0 Å². The van der Waals surface area contributed by atoms with Crippen LogP contribution in [0, 0.1) is 0 Å². The number of aliphatic carboxylic acids is 1. The first-order valence-electron chi connectivity index (χ1n) is 32.5. The lowest BCUT2D eigenvalue weighted by molar-refractivity contribution is -0.393. The molecule has 598 valence electrons. The maximum atomic E-state index is 13.4. The quantitative estimate of drug-likeness (QED) is 0.0306. The standard InChI is InChI=1S/C57H97N3O43/c1-14-30(75)37(82)39(84)52(91-14)100-47-29(60-17(4)70)51(95-25(12-67)45(47)99-53-40(85)38(83)33(78)26(96-53)13-90-57(56(88)89)5-18(71)27(58-15(2)68)46(103-57)32(77)20(73)7-62)102-49-35(80)23(10-65)93-55(42(49)87)98-44-24(11-66)94-50(28(36(44)81)59-16(3)69)101-48-34(79)22(9-64)92-54(41(48)86)97-43(21(74)8-63)31(76)19(72)6-61/h14,18-55,61-67,71-87H,5-13H2,1-4H3,(H,58,68)(H,59,69)(H,60,70)(H,88,89)/t14-,18-,19-,20+,21+,22+,23+,24+,25+,26+,27+,28+,29+,30+,31+,32+,33-,34-,35-,36+,37+,38-,39-,40+,41+,42+,43+,44+,45+,46+,47+,48-,49-,50-,51-,52-,53-,54-,55-,57+/m0/s1. The summed E-state index contributed by atoms with van der Waals surface area (Å²) in [6.45, 7) is -5.31. The van der Waals surface area contributed by atoms with E-state index in [4.69, 9.17) is 66.3 Å². The number of nitrogens with one attached hydrogen (secondary N) is 3. The number of rotatable bonds is 31. The van der Waals surface area contributed by atoms with Gasteiger partial charge in [-0.15, -0.1) is 0 Å². The molecule has 0 radical (unpaired) electrons. The molecule has 0 spiro atoms. The zero-order valence-corrected chi connectivity index (χ0v) is 55.4. The Bertz CT molecular complexity index is 2670. The summed E-state index contributed by atoms with van der Waals surface area (Å²) < 4.78 is 82.1. The Hall–Kier alpha value is -3.64. The number of carboxylic acids is 1. The van der Waals surface area contributed by atoms with Crippen LogP contribution in [0.5, 0.6) is 0 Å². The van der Waals surface area contributed by atoms with Gasteiger partial charge in [-0.2, -0.15) is 0 Å². The molecule has 0 saturated carbocycles. The van der Waals surface area contributed by atoms with E-state index in [-0.39, 0.29) is 0 Å². The van der Waals surface area contributed by atoms with E-state index in [1.807, 2.05) is 0 Å². The van der Waals surface area contributed by atoms with Gasteiger partial charge in [0, 0.05) is 27.2 Å². The minimum Gasteiger partial charge on any atom is -0.477 e. The molecule has 0 aromatic carbocycles. The van der Waals surface area contributed by atoms with Crippen LogP contribution in [0.25, 0.3) is 0 Å². The molecule has 7 rings (SSSR count). The second-order valence-corrected chi connectivity index (χ2v) is 25.8. The highest BCUT2D eigenvalue weighted by molar-refractivity contribution is 5.77. The van der Waals surface area contributed by atoms with Crippen LogP contribution in [0.1, 0.15) is 34.1 Å². The summed E-state index contributed by atoms with van der Waals surface area (Å²) in [4.78, 5) is 51.4. The summed E-state index contributed by atoms with van der Waals surface area (Å²) in [6, 6.07) is -5.65. The van der Waals surface area contributed by atoms with Gasteiger partial charge in [0.2, 0.25) is 17.7 Å². The largest absolute Gasteiger partial charge is 0.477 e. The molecule has 28 N–H and O–H groups in total. The summed E-state index contributed by atoms with van der Waals surface area (Å²) in [5.74, 6) is -7.94.